The Morgan fingerprint density at radius 2 is 2.23 bits per heavy atom. The number of aliphatic hydroxyl groups excluding tert-OH is 1. The SMILES string of the molecule is [C-]#[N+]CC(O)c1cc(C)cc(Br)c1. The van der Waals surface area contributed by atoms with Gasteiger partial charge in [-0.3, -0.25) is 0 Å². The van der Waals surface area contributed by atoms with E-state index in [0.29, 0.717) is 0 Å². The number of hydrogen-bond donors (Lipinski definition) is 1. The van der Waals surface area contributed by atoms with E-state index in [1.165, 1.54) is 0 Å². The summed E-state index contributed by atoms with van der Waals surface area (Å²) < 4.78 is 0.937. The first-order valence-electron chi connectivity index (χ1n) is 3.92. The molecule has 1 rings (SSSR count). The maximum absolute atomic E-state index is 9.53. The molecular weight excluding hydrogens is 230 g/mol. The molecular formula is C10H10BrNO. The lowest BCUT2D eigenvalue weighted by Crippen LogP contribution is -2.00. The lowest BCUT2D eigenvalue weighted by Gasteiger charge is -2.06. The van der Waals surface area contributed by atoms with Crippen molar-refractivity contribution in [3.63, 3.8) is 0 Å². The smallest absolute Gasteiger partial charge is 0.244 e. The quantitative estimate of drug-likeness (QED) is 0.789. The van der Waals surface area contributed by atoms with Crippen LogP contribution in [0.3, 0.4) is 0 Å². The highest BCUT2D eigenvalue weighted by Gasteiger charge is 2.10. The standard InChI is InChI=1S/C10H10BrNO/c1-7-3-8(5-9(11)4-7)10(13)6-12-2/h3-5,10,13H,6H2,1H3. The monoisotopic (exact) mass is 239 g/mol. The van der Waals surface area contributed by atoms with E-state index in [2.05, 4.69) is 20.8 Å². The van der Waals surface area contributed by atoms with Crippen LogP contribution in [0.2, 0.25) is 0 Å². The molecule has 0 heterocycles. The van der Waals surface area contributed by atoms with Crippen LogP contribution in [0, 0.1) is 13.5 Å². The number of rotatable bonds is 2. The molecule has 13 heavy (non-hydrogen) atoms. The van der Waals surface area contributed by atoms with Crippen molar-refractivity contribution < 1.29 is 5.11 Å². The summed E-state index contributed by atoms with van der Waals surface area (Å²) in [5.74, 6) is 0. The number of hydrogen-bond acceptors (Lipinski definition) is 1. The van der Waals surface area contributed by atoms with E-state index >= 15 is 0 Å². The van der Waals surface area contributed by atoms with Crippen molar-refractivity contribution in [3.8, 4) is 0 Å². The number of aryl methyl sites for hydroxylation is 1. The normalized spacial score (nSPS) is 12.2. The van der Waals surface area contributed by atoms with Gasteiger partial charge in [-0.25, -0.2) is 6.57 Å². The minimum Gasteiger partial charge on any atom is -0.381 e. The number of halogens is 1. The molecule has 0 spiro atoms. The van der Waals surface area contributed by atoms with Crippen molar-refractivity contribution in [2.45, 2.75) is 13.0 Å². The number of nitrogens with zero attached hydrogens (tertiary/aromatic N) is 1. The van der Waals surface area contributed by atoms with Gasteiger partial charge in [0.2, 0.25) is 6.54 Å². The van der Waals surface area contributed by atoms with Gasteiger partial charge >= 0.3 is 0 Å². The third kappa shape index (κ3) is 2.83. The molecule has 0 saturated heterocycles. The summed E-state index contributed by atoms with van der Waals surface area (Å²) in [7, 11) is 0. The van der Waals surface area contributed by atoms with Gasteiger partial charge in [-0.05, 0) is 30.2 Å². The van der Waals surface area contributed by atoms with Crippen LogP contribution >= 0.6 is 15.9 Å². The van der Waals surface area contributed by atoms with E-state index in [0.717, 1.165) is 15.6 Å². The first-order chi connectivity index (χ1) is 6.13. The predicted molar refractivity (Wildman–Crippen MR) is 55.3 cm³/mol. The van der Waals surface area contributed by atoms with Gasteiger partial charge in [0.1, 0.15) is 0 Å². The van der Waals surface area contributed by atoms with Gasteiger partial charge in [-0.15, -0.1) is 0 Å². The van der Waals surface area contributed by atoms with Crippen molar-refractivity contribution in [3.05, 3.63) is 45.2 Å². The molecule has 0 amide bonds. The summed E-state index contributed by atoms with van der Waals surface area (Å²) >= 11 is 3.34. The number of benzene rings is 1. The lowest BCUT2D eigenvalue weighted by atomic mass is 10.1. The van der Waals surface area contributed by atoms with Crippen LogP contribution in [0.4, 0.5) is 0 Å². The summed E-state index contributed by atoms with van der Waals surface area (Å²) in [6.07, 6.45) is -0.673. The maximum Gasteiger partial charge on any atom is 0.244 e. The van der Waals surface area contributed by atoms with E-state index in [4.69, 9.17) is 6.57 Å². The molecule has 1 aromatic rings. The fourth-order valence-corrected chi connectivity index (χ4v) is 1.77. The molecule has 0 aliphatic rings. The van der Waals surface area contributed by atoms with E-state index < -0.39 is 6.10 Å². The van der Waals surface area contributed by atoms with E-state index in [9.17, 15) is 5.11 Å². The van der Waals surface area contributed by atoms with Crippen LogP contribution in [-0.4, -0.2) is 11.7 Å². The molecule has 0 fully saturated rings. The molecule has 0 saturated carbocycles. The summed E-state index contributed by atoms with van der Waals surface area (Å²) in [6.45, 7) is 8.72. The molecule has 1 aromatic carbocycles. The predicted octanol–water partition coefficient (Wildman–Crippen LogP) is 2.71. The molecule has 1 unspecified atom stereocenters. The highest BCUT2D eigenvalue weighted by molar-refractivity contribution is 9.10. The van der Waals surface area contributed by atoms with Gasteiger partial charge in [0, 0.05) is 4.47 Å². The Morgan fingerprint density at radius 1 is 1.54 bits per heavy atom. The molecule has 1 N–H and O–H groups in total. The zero-order valence-electron chi connectivity index (χ0n) is 7.29. The first kappa shape index (κ1) is 10.2. The first-order valence-corrected chi connectivity index (χ1v) is 4.71. The van der Waals surface area contributed by atoms with Gasteiger partial charge in [-0.1, -0.05) is 22.0 Å². The van der Waals surface area contributed by atoms with Crippen LogP contribution in [0.25, 0.3) is 4.85 Å². The highest BCUT2D eigenvalue weighted by Crippen LogP contribution is 2.20. The van der Waals surface area contributed by atoms with E-state index in [1.807, 2.05) is 25.1 Å². The largest absolute Gasteiger partial charge is 0.381 e. The molecule has 3 heteroatoms. The van der Waals surface area contributed by atoms with Crippen LogP contribution in [0.15, 0.2) is 22.7 Å². The molecule has 0 aliphatic heterocycles. The summed E-state index contributed by atoms with van der Waals surface area (Å²) in [5.41, 5.74) is 1.87. The van der Waals surface area contributed by atoms with Crippen molar-refractivity contribution in [2.75, 3.05) is 6.54 Å². The molecule has 0 aliphatic carbocycles. The summed E-state index contributed by atoms with van der Waals surface area (Å²) in [4.78, 5) is 3.16. The fourth-order valence-electron chi connectivity index (χ4n) is 1.15. The Labute approximate surface area is 86.2 Å². The second-order valence-corrected chi connectivity index (χ2v) is 3.83. The van der Waals surface area contributed by atoms with Crippen LogP contribution < -0.4 is 0 Å². The van der Waals surface area contributed by atoms with Crippen LogP contribution in [0.1, 0.15) is 17.2 Å². The van der Waals surface area contributed by atoms with Crippen molar-refractivity contribution in [1.82, 2.24) is 0 Å². The van der Waals surface area contributed by atoms with Gasteiger partial charge in [0.25, 0.3) is 0 Å². The Morgan fingerprint density at radius 3 is 2.77 bits per heavy atom. The van der Waals surface area contributed by atoms with Gasteiger partial charge in [0.15, 0.2) is 6.10 Å². The molecule has 0 bridgehead atoms. The molecule has 1 atom stereocenters. The highest BCUT2D eigenvalue weighted by atomic mass is 79.9. The third-order valence-electron chi connectivity index (χ3n) is 1.71. The van der Waals surface area contributed by atoms with Crippen LogP contribution in [-0.2, 0) is 0 Å². The lowest BCUT2D eigenvalue weighted by molar-refractivity contribution is 0.195. The van der Waals surface area contributed by atoms with Gasteiger partial charge in [0.05, 0.1) is 0 Å². The van der Waals surface area contributed by atoms with Gasteiger partial charge < -0.3 is 9.95 Å². The van der Waals surface area contributed by atoms with Gasteiger partial charge in [-0.2, -0.15) is 0 Å². The average molecular weight is 240 g/mol. The van der Waals surface area contributed by atoms with Crippen molar-refractivity contribution in [2.24, 2.45) is 0 Å². The Hall–Kier alpha value is -0.850. The second kappa shape index (κ2) is 4.40. The number of aliphatic hydroxyl groups is 1. The molecule has 0 aromatic heterocycles. The van der Waals surface area contributed by atoms with Crippen molar-refractivity contribution in [1.29, 1.82) is 0 Å². The zero-order chi connectivity index (χ0) is 9.84. The second-order valence-electron chi connectivity index (χ2n) is 2.92. The minimum atomic E-state index is -0.673. The van der Waals surface area contributed by atoms with E-state index in [-0.39, 0.29) is 6.54 Å². The summed E-state index contributed by atoms with van der Waals surface area (Å²) in [6, 6.07) is 5.69. The third-order valence-corrected chi connectivity index (χ3v) is 2.17. The van der Waals surface area contributed by atoms with Crippen molar-refractivity contribution >= 4 is 15.9 Å². The fraction of sp³-hybridized carbons (Fsp3) is 0.300. The molecule has 68 valence electrons. The van der Waals surface area contributed by atoms with Crippen LogP contribution in [0.5, 0.6) is 0 Å². The maximum atomic E-state index is 9.53. The minimum absolute atomic E-state index is 0.121. The molecule has 0 radical (unpaired) electrons. The Balaban J connectivity index is 2.95. The Bertz CT molecular complexity index is 323. The zero-order valence-corrected chi connectivity index (χ0v) is 8.87. The molecule has 2 nitrogen and oxygen atoms in total. The summed E-state index contributed by atoms with van der Waals surface area (Å²) in [5, 5.41) is 9.53. The average Bonchev–Trinajstić information content (AvgIpc) is 2.03. The Kier molecular flexibility index (Phi) is 3.47. The topological polar surface area (TPSA) is 24.6 Å². The van der Waals surface area contributed by atoms with E-state index in [1.54, 1.807) is 0 Å².